The van der Waals surface area contributed by atoms with Crippen molar-refractivity contribution in [1.29, 1.82) is 0 Å². The molecule has 6 nitrogen and oxygen atoms in total. The molecule has 2 aromatic rings. The molecule has 1 N–H and O–H groups in total. The van der Waals surface area contributed by atoms with Crippen molar-refractivity contribution in [2.45, 2.75) is 39.4 Å². The molecule has 0 radical (unpaired) electrons. The van der Waals surface area contributed by atoms with E-state index in [4.69, 9.17) is 0 Å². The number of nitrogens with zero attached hydrogens (tertiary/aromatic N) is 3. The van der Waals surface area contributed by atoms with Gasteiger partial charge in [-0.15, -0.1) is 11.3 Å². The van der Waals surface area contributed by atoms with Crippen LogP contribution in [-0.2, 0) is 11.0 Å². The predicted molar refractivity (Wildman–Crippen MR) is 111 cm³/mol. The van der Waals surface area contributed by atoms with Crippen LogP contribution >= 0.6 is 11.3 Å². The number of thiophene rings is 1. The van der Waals surface area contributed by atoms with Gasteiger partial charge in [-0.25, -0.2) is 4.98 Å². The van der Waals surface area contributed by atoms with Crippen molar-refractivity contribution in [1.82, 2.24) is 15.2 Å². The van der Waals surface area contributed by atoms with E-state index < -0.39 is 11.7 Å². The van der Waals surface area contributed by atoms with Gasteiger partial charge in [-0.3, -0.25) is 14.5 Å². The third-order valence-corrected chi connectivity index (χ3v) is 5.95. The van der Waals surface area contributed by atoms with Crippen LogP contribution in [0.3, 0.4) is 0 Å². The van der Waals surface area contributed by atoms with E-state index in [0.29, 0.717) is 26.2 Å². The molecule has 2 aromatic heterocycles. The van der Waals surface area contributed by atoms with E-state index in [0.717, 1.165) is 17.4 Å². The maximum atomic E-state index is 13.7. The first-order valence-electron chi connectivity index (χ1n) is 9.89. The summed E-state index contributed by atoms with van der Waals surface area (Å²) in [7, 11) is 0. The zero-order valence-corrected chi connectivity index (χ0v) is 18.0. The number of hydrogen-bond acceptors (Lipinski definition) is 6. The molecule has 0 atom stereocenters. The lowest BCUT2D eigenvalue weighted by molar-refractivity contribution is -0.136. The second kappa shape index (κ2) is 8.89. The van der Waals surface area contributed by atoms with Crippen LogP contribution in [0.5, 0.6) is 0 Å². The van der Waals surface area contributed by atoms with Crippen molar-refractivity contribution in [2.24, 2.45) is 0 Å². The zero-order chi connectivity index (χ0) is 22.1. The van der Waals surface area contributed by atoms with Crippen LogP contribution in [0.2, 0.25) is 0 Å². The van der Waals surface area contributed by atoms with Gasteiger partial charge in [0.15, 0.2) is 5.78 Å². The van der Waals surface area contributed by atoms with Crippen molar-refractivity contribution < 1.29 is 22.8 Å². The minimum Gasteiger partial charge on any atom is -0.354 e. The number of ketones is 1. The van der Waals surface area contributed by atoms with Crippen molar-refractivity contribution in [3.05, 3.63) is 22.6 Å². The summed E-state index contributed by atoms with van der Waals surface area (Å²) in [5.74, 6) is -0.0805. The summed E-state index contributed by atoms with van der Waals surface area (Å²) in [6.45, 7) is 7.68. The van der Waals surface area contributed by atoms with Gasteiger partial charge >= 0.3 is 6.18 Å². The molecule has 164 valence electrons. The topological polar surface area (TPSA) is 65.5 Å². The van der Waals surface area contributed by atoms with Crippen molar-refractivity contribution in [3.8, 4) is 0 Å². The number of hydrogen-bond donors (Lipinski definition) is 1. The van der Waals surface area contributed by atoms with Crippen LogP contribution < -0.4 is 10.2 Å². The van der Waals surface area contributed by atoms with E-state index in [1.54, 1.807) is 11.8 Å². The molecule has 0 aliphatic carbocycles. The molecule has 0 bridgehead atoms. The van der Waals surface area contributed by atoms with E-state index in [1.807, 2.05) is 18.7 Å². The molecule has 1 amide bonds. The van der Waals surface area contributed by atoms with E-state index in [2.05, 4.69) is 10.3 Å². The van der Waals surface area contributed by atoms with Crippen LogP contribution in [0.15, 0.2) is 11.4 Å². The fraction of sp³-hybridized carbons (Fsp3) is 0.550. The minimum absolute atomic E-state index is 0.00737. The Kier molecular flexibility index (Phi) is 6.66. The van der Waals surface area contributed by atoms with E-state index in [1.165, 1.54) is 5.38 Å². The van der Waals surface area contributed by atoms with Crippen LogP contribution in [-0.4, -0.2) is 60.3 Å². The lowest BCUT2D eigenvalue weighted by atomic mass is 10.1. The maximum absolute atomic E-state index is 13.7. The molecular formula is C20H25F3N4O2S. The molecule has 1 saturated heterocycles. The second-order valence-corrected chi connectivity index (χ2v) is 8.49. The van der Waals surface area contributed by atoms with Gasteiger partial charge in [-0.1, -0.05) is 6.92 Å². The van der Waals surface area contributed by atoms with Crippen molar-refractivity contribution in [3.63, 3.8) is 0 Å². The van der Waals surface area contributed by atoms with E-state index in [-0.39, 0.29) is 52.3 Å². The molecule has 1 aliphatic rings. The highest BCUT2D eigenvalue weighted by Gasteiger charge is 2.36. The number of Topliss-reactive ketones (excluding diaryl/α,β-unsaturated/α-hetero) is 1. The highest BCUT2D eigenvalue weighted by Crippen LogP contribution is 2.40. The van der Waals surface area contributed by atoms with Gasteiger partial charge in [0.05, 0.1) is 27.9 Å². The number of anilines is 1. The SMILES string of the molecule is CCC(=O)c1csc2c(C(F)(F)F)cc(N3CCN(CC(=O)NC(C)C)CC3)nc12. The molecule has 0 saturated carbocycles. The van der Waals surface area contributed by atoms with Gasteiger partial charge in [0.1, 0.15) is 5.82 Å². The van der Waals surface area contributed by atoms with Gasteiger partial charge in [0.2, 0.25) is 5.91 Å². The van der Waals surface area contributed by atoms with E-state index >= 15 is 0 Å². The van der Waals surface area contributed by atoms with E-state index in [9.17, 15) is 22.8 Å². The third-order valence-electron chi connectivity index (χ3n) is 4.95. The number of fused-ring (bicyclic) bond motifs is 1. The first-order chi connectivity index (χ1) is 14.1. The number of aromatic nitrogens is 1. The van der Waals surface area contributed by atoms with Crippen LogP contribution in [0.1, 0.15) is 43.1 Å². The third kappa shape index (κ3) is 4.92. The Balaban J connectivity index is 1.84. The molecule has 0 unspecified atom stereocenters. The molecule has 1 fully saturated rings. The Morgan fingerprint density at radius 1 is 1.23 bits per heavy atom. The average Bonchev–Trinajstić information content (AvgIpc) is 3.09. The first kappa shape index (κ1) is 22.5. The highest BCUT2D eigenvalue weighted by molar-refractivity contribution is 7.17. The molecule has 1 aliphatic heterocycles. The number of halogens is 3. The predicted octanol–water partition coefficient (Wildman–Crippen LogP) is 3.55. The number of piperazine rings is 1. The second-order valence-electron chi connectivity index (χ2n) is 7.62. The molecule has 3 heterocycles. The molecule has 0 aromatic carbocycles. The van der Waals surface area contributed by atoms with Crippen molar-refractivity contribution in [2.75, 3.05) is 37.6 Å². The smallest absolute Gasteiger partial charge is 0.354 e. The van der Waals surface area contributed by atoms with Gasteiger partial charge in [0, 0.05) is 44.0 Å². The van der Waals surface area contributed by atoms with Gasteiger partial charge in [-0.2, -0.15) is 13.2 Å². The molecule has 3 rings (SSSR count). The van der Waals surface area contributed by atoms with Crippen molar-refractivity contribution >= 4 is 39.1 Å². The first-order valence-corrected chi connectivity index (χ1v) is 10.8. The summed E-state index contributed by atoms with van der Waals surface area (Å²) in [6, 6.07) is 1.13. The highest BCUT2D eigenvalue weighted by atomic mass is 32.1. The Morgan fingerprint density at radius 3 is 2.47 bits per heavy atom. The monoisotopic (exact) mass is 442 g/mol. The lowest BCUT2D eigenvalue weighted by Gasteiger charge is -2.35. The minimum atomic E-state index is -4.54. The largest absolute Gasteiger partial charge is 0.417 e. The zero-order valence-electron chi connectivity index (χ0n) is 17.2. The number of nitrogens with one attached hydrogen (secondary N) is 1. The quantitative estimate of drug-likeness (QED) is 0.693. The Labute approximate surface area is 177 Å². The van der Waals surface area contributed by atoms with Crippen LogP contribution in [0.4, 0.5) is 19.0 Å². The number of amides is 1. The molecule has 30 heavy (non-hydrogen) atoms. The summed E-state index contributed by atoms with van der Waals surface area (Å²) in [4.78, 5) is 32.3. The maximum Gasteiger partial charge on any atom is 0.417 e. The Bertz CT molecular complexity index is 934. The molecule has 10 heteroatoms. The number of carbonyl (C=O) groups excluding carboxylic acids is 2. The molecule has 0 spiro atoms. The Morgan fingerprint density at radius 2 is 1.90 bits per heavy atom. The summed E-state index contributed by atoms with van der Waals surface area (Å²) < 4.78 is 41.1. The number of alkyl halides is 3. The van der Waals surface area contributed by atoms with Crippen LogP contribution in [0.25, 0.3) is 10.2 Å². The fourth-order valence-electron chi connectivity index (χ4n) is 3.46. The molecular weight excluding hydrogens is 417 g/mol. The normalized spacial score (nSPS) is 15.8. The van der Waals surface area contributed by atoms with Gasteiger partial charge in [0.25, 0.3) is 0 Å². The van der Waals surface area contributed by atoms with Gasteiger partial charge < -0.3 is 10.2 Å². The Hall–Kier alpha value is -2.20. The average molecular weight is 443 g/mol. The number of carbonyl (C=O) groups is 2. The fourth-order valence-corrected chi connectivity index (χ4v) is 4.51. The summed E-state index contributed by atoms with van der Waals surface area (Å²) in [5.41, 5.74) is -0.398. The van der Waals surface area contributed by atoms with Crippen LogP contribution in [0, 0.1) is 0 Å². The van der Waals surface area contributed by atoms with Gasteiger partial charge in [-0.05, 0) is 19.9 Å². The summed E-state index contributed by atoms with van der Waals surface area (Å²) >= 11 is 0.904. The summed E-state index contributed by atoms with van der Waals surface area (Å²) in [5, 5.41) is 4.30. The number of pyridine rings is 1. The standard InChI is InChI=1S/C20H25F3N4O2S/c1-4-15(28)13-11-30-19-14(20(21,22)23)9-16(25-18(13)19)27-7-5-26(6-8-27)10-17(29)24-12(2)3/h9,11-12H,4-8,10H2,1-3H3,(H,24,29). The lowest BCUT2D eigenvalue weighted by Crippen LogP contribution is -2.50. The number of rotatable bonds is 6. The summed E-state index contributed by atoms with van der Waals surface area (Å²) in [6.07, 6.45) is -4.33.